The van der Waals surface area contributed by atoms with Crippen LogP contribution in [-0.4, -0.2) is 22.1 Å². The van der Waals surface area contributed by atoms with Crippen LogP contribution in [0.15, 0.2) is 22.6 Å². The van der Waals surface area contributed by atoms with Crippen LogP contribution in [0.5, 0.6) is 0 Å². The van der Waals surface area contributed by atoms with E-state index in [0.717, 1.165) is 23.2 Å². The number of hydrogen-bond donors (Lipinski definition) is 1. The van der Waals surface area contributed by atoms with E-state index in [9.17, 15) is 4.79 Å². The Balaban J connectivity index is 2.08. The fourth-order valence-corrected chi connectivity index (χ4v) is 2.35. The normalized spacial score (nSPS) is 13.1. The Morgan fingerprint density at radius 3 is 3.18 bits per heavy atom. The molecule has 0 aliphatic carbocycles. The molecule has 0 aliphatic heterocycles. The number of thiophene rings is 1. The van der Waals surface area contributed by atoms with Crippen LogP contribution in [0.1, 0.15) is 20.3 Å². The maximum atomic E-state index is 12.0. The summed E-state index contributed by atoms with van der Waals surface area (Å²) in [6.45, 7) is 5.75. The van der Waals surface area contributed by atoms with Crippen molar-refractivity contribution >= 4 is 21.6 Å². The lowest BCUT2D eigenvalue weighted by Gasteiger charge is -2.11. The number of hydrogen-bond acceptors (Lipinski definition) is 4. The van der Waals surface area contributed by atoms with Crippen molar-refractivity contribution in [2.75, 3.05) is 6.54 Å². The number of rotatable bonds is 5. The molecule has 0 aliphatic rings. The van der Waals surface area contributed by atoms with Gasteiger partial charge in [-0.05, 0) is 24.8 Å². The molecule has 0 aromatic carbocycles. The largest absolute Gasteiger partial charge is 0.312 e. The molecular weight excluding hydrogens is 234 g/mol. The van der Waals surface area contributed by atoms with Crippen LogP contribution >= 0.6 is 11.3 Å². The molecule has 2 heterocycles. The van der Waals surface area contributed by atoms with Gasteiger partial charge in [-0.3, -0.25) is 9.36 Å². The minimum Gasteiger partial charge on any atom is -0.312 e. The molecule has 0 amide bonds. The van der Waals surface area contributed by atoms with Gasteiger partial charge in [0, 0.05) is 19.1 Å². The molecule has 92 valence electrons. The zero-order valence-electron chi connectivity index (χ0n) is 10.1. The van der Waals surface area contributed by atoms with Crippen molar-refractivity contribution in [2.24, 2.45) is 0 Å². The van der Waals surface area contributed by atoms with E-state index in [4.69, 9.17) is 0 Å². The molecule has 0 spiro atoms. The third-order valence-electron chi connectivity index (χ3n) is 2.91. The Labute approximate surface area is 104 Å². The summed E-state index contributed by atoms with van der Waals surface area (Å²) in [5, 5.41) is 5.99. The molecule has 2 rings (SSSR count). The van der Waals surface area contributed by atoms with Crippen molar-refractivity contribution < 1.29 is 0 Å². The Morgan fingerprint density at radius 2 is 2.41 bits per heavy atom. The van der Waals surface area contributed by atoms with Gasteiger partial charge in [-0.15, -0.1) is 11.3 Å². The number of nitrogens with one attached hydrogen (secondary N) is 1. The SMILES string of the molecule is CCC(C)NCCn1cnc2sccc2c1=O. The monoisotopic (exact) mass is 251 g/mol. The summed E-state index contributed by atoms with van der Waals surface area (Å²) in [4.78, 5) is 17.1. The number of nitrogens with zero attached hydrogens (tertiary/aromatic N) is 2. The predicted octanol–water partition coefficient (Wildman–Crippen LogP) is 1.85. The van der Waals surface area contributed by atoms with E-state index in [2.05, 4.69) is 24.1 Å². The summed E-state index contributed by atoms with van der Waals surface area (Å²) in [6.07, 6.45) is 2.73. The van der Waals surface area contributed by atoms with Gasteiger partial charge in [0.15, 0.2) is 0 Å². The molecule has 0 saturated heterocycles. The van der Waals surface area contributed by atoms with Crippen LogP contribution in [0.4, 0.5) is 0 Å². The molecule has 0 radical (unpaired) electrons. The highest BCUT2D eigenvalue weighted by Crippen LogP contribution is 2.12. The predicted molar refractivity (Wildman–Crippen MR) is 71.6 cm³/mol. The third kappa shape index (κ3) is 2.73. The molecule has 1 N–H and O–H groups in total. The summed E-state index contributed by atoms with van der Waals surface area (Å²) in [5.74, 6) is 0. The van der Waals surface area contributed by atoms with Crippen molar-refractivity contribution in [1.82, 2.24) is 14.9 Å². The van der Waals surface area contributed by atoms with Gasteiger partial charge in [-0.1, -0.05) is 6.92 Å². The molecular formula is C12H17N3OS. The highest BCUT2D eigenvalue weighted by Gasteiger charge is 2.04. The first kappa shape index (κ1) is 12.3. The van der Waals surface area contributed by atoms with Gasteiger partial charge in [-0.2, -0.15) is 0 Å². The van der Waals surface area contributed by atoms with Crippen LogP contribution in [0.2, 0.25) is 0 Å². The van der Waals surface area contributed by atoms with Gasteiger partial charge in [0.1, 0.15) is 4.83 Å². The summed E-state index contributed by atoms with van der Waals surface area (Å²) >= 11 is 1.50. The quantitative estimate of drug-likeness (QED) is 0.882. The van der Waals surface area contributed by atoms with E-state index >= 15 is 0 Å². The van der Waals surface area contributed by atoms with E-state index in [1.807, 2.05) is 11.4 Å². The molecule has 4 nitrogen and oxygen atoms in total. The molecule has 2 aromatic heterocycles. The van der Waals surface area contributed by atoms with Gasteiger partial charge >= 0.3 is 0 Å². The van der Waals surface area contributed by atoms with E-state index < -0.39 is 0 Å². The highest BCUT2D eigenvalue weighted by molar-refractivity contribution is 7.16. The lowest BCUT2D eigenvalue weighted by atomic mass is 10.2. The molecule has 1 unspecified atom stereocenters. The Kier molecular flexibility index (Phi) is 3.91. The molecule has 5 heteroatoms. The van der Waals surface area contributed by atoms with Crippen molar-refractivity contribution in [2.45, 2.75) is 32.9 Å². The molecule has 17 heavy (non-hydrogen) atoms. The highest BCUT2D eigenvalue weighted by atomic mass is 32.1. The maximum Gasteiger partial charge on any atom is 0.262 e. The average molecular weight is 251 g/mol. The van der Waals surface area contributed by atoms with Gasteiger partial charge in [0.05, 0.1) is 11.7 Å². The number of fused-ring (bicyclic) bond motifs is 1. The average Bonchev–Trinajstić information content (AvgIpc) is 2.81. The van der Waals surface area contributed by atoms with Crippen LogP contribution in [0, 0.1) is 0 Å². The van der Waals surface area contributed by atoms with Crippen LogP contribution in [0.3, 0.4) is 0 Å². The molecule has 0 saturated carbocycles. The Bertz CT molecular complexity index is 546. The fourth-order valence-electron chi connectivity index (χ4n) is 1.63. The maximum absolute atomic E-state index is 12.0. The first-order valence-electron chi connectivity index (χ1n) is 5.88. The van der Waals surface area contributed by atoms with E-state index in [1.54, 1.807) is 10.9 Å². The van der Waals surface area contributed by atoms with Gasteiger partial charge in [0.2, 0.25) is 0 Å². The van der Waals surface area contributed by atoms with Crippen molar-refractivity contribution in [3.05, 3.63) is 28.1 Å². The first-order chi connectivity index (χ1) is 8.22. The van der Waals surface area contributed by atoms with Crippen LogP contribution < -0.4 is 10.9 Å². The molecule has 0 bridgehead atoms. The summed E-state index contributed by atoms with van der Waals surface area (Å²) < 4.78 is 1.67. The summed E-state index contributed by atoms with van der Waals surface area (Å²) in [6, 6.07) is 2.33. The van der Waals surface area contributed by atoms with Crippen molar-refractivity contribution in [3.8, 4) is 0 Å². The molecule has 0 fully saturated rings. The van der Waals surface area contributed by atoms with Gasteiger partial charge in [0.25, 0.3) is 5.56 Å². The summed E-state index contributed by atoms with van der Waals surface area (Å²) in [5.41, 5.74) is 0.0576. The fraction of sp³-hybridized carbons (Fsp3) is 0.500. The van der Waals surface area contributed by atoms with E-state index in [0.29, 0.717) is 12.6 Å². The lowest BCUT2D eigenvalue weighted by molar-refractivity contribution is 0.499. The molecule has 1 atom stereocenters. The Morgan fingerprint density at radius 1 is 1.59 bits per heavy atom. The van der Waals surface area contributed by atoms with Gasteiger partial charge in [-0.25, -0.2) is 4.98 Å². The standard InChI is InChI=1S/C12H17N3OS/c1-3-9(2)13-5-6-15-8-14-11-10(12(15)16)4-7-17-11/h4,7-9,13H,3,5-6H2,1-2H3. The minimum atomic E-state index is 0.0576. The summed E-state index contributed by atoms with van der Waals surface area (Å²) in [7, 11) is 0. The van der Waals surface area contributed by atoms with E-state index in [1.165, 1.54) is 11.3 Å². The van der Waals surface area contributed by atoms with Crippen molar-refractivity contribution in [3.63, 3.8) is 0 Å². The van der Waals surface area contributed by atoms with Crippen molar-refractivity contribution in [1.29, 1.82) is 0 Å². The zero-order valence-corrected chi connectivity index (χ0v) is 11.0. The Hall–Kier alpha value is -1.20. The third-order valence-corrected chi connectivity index (χ3v) is 3.73. The molecule has 2 aromatic rings. The topological polar surface area (TPSA) is 46.9 Å². The smallest absolute Gasteiger partial charge is 0.262 e. The second-order valence-corrected chi connectivity index (χ2v) is 5.04. The van der Waals surface area contributed by atoms with E-state index in [-0.39, 0.29) is 5.56 Å². The van der Waals surface area contributed by atoms with Gasteiger partial charge < -0.3 is 5.32 Å². The second kappa shape index (κ2) is 5.42. The minimum absolute atomic E-state index is 0.0576. The van der Waals surface area contributed by atoms with Crippen LogP contribution in [0.25, 0.3) is 10.2 Å². The zero-order chi connectivity index (χ0) is 12.3. The second-order valence-electron chi connectivity index (χ2n) is 4.15. The number of aromatic nitrogens is 2. The van der Waals surface area contributed by atoms with Crippen LogP contribution in [-0.2, 0) is 6.54 Å². The lowest BCUT2D eigenvalue weighted by Crippen LogP contribution is -2.31. The first-order valence-corrected chi connectivity index (χ1v) is 6.76.